The van der Waals surface area contributed by atoms with Gasteiger partial charge < -0.3 is 11.5 Å². The van der Waals surface area contributed by atoms with Crippen LogP contribution in [0, 0.1) is 0 Å². The molecule has 4 N–H and O–H groups in total. The van der Waals surface area contributed by atoms with E-state index in [9.17, 15) is 4.79 Å². The first-order valence-corrected chi connectivity index (χ1v) is 1.64. The minimum atomic E-state index is -0.593. The highest BCUT2D eigenvalue weighted by atomic mass is 16.1. The second-order valence-electron chi connectivity index (χ2n) is 0.960. The van der Waals surface area contributed by atoms with Crippen molar-refractivity contribution in [1.29, 1.82) is 0 Å². The van der Waals surface area contributed by atoms with Gasteiger partial charge in [0.05, 0.1) is 6.04 Å². The summed E-state index contributed by atoms with van der Waals surface area (Å²) >= 11 is 0. The molecule has 0 aromatic carbocycles. The molecule has 0 aliphatic carbocycles. The average molecular weight is 87.1 g/mol. The summed E-state index contributed by atoms with van der Waals surface area (Å²) in [6, 6.07) is -0.593. The Morgan fingerprint density at radius 3 is 2.33 bits per heavy atom. The lowest BCUT2D eigenvalue weighted by Gasteiger charge is -1.89. The fraction of sp³-hybridized carbons (Fsp3) is 0.667. The first-order valence-electron chi connectivity index (χ1n) is 1.64. The molecule has 0 bridgehead atoms. The van der Waals surface area contributed by atoms with Crippen LogP contribution in [0.2, 0.25) is 0 Å². The molecule has 0 saturated carbocycles. The van der Waals surface area contributed by atoms with Gasteiger partial charge in [0.15, 0.2) is 0 Å². The Hall–Kier alpha value is -0.410. The molecule has 1 radical (unpaired) electrons. The molecular formula is C3H7N2O. The molecule has 0 fully saturated rings. The van der Waals surface area contributed by atoms with Gasteiger partial charge in [0.2, 0.25) is 6.29 Å². The Labute approximate surface area is 36.3 Å². The number of rotatable bonds is 2. The molecule has 35 valence electrons. The molecule has 1 unspecified atom stereocenters. The molecule has 0 saturated heterocycles. The van der Waals surface area contributed by atoms with E-state index in [1.165, 1.54) is 6.29 Å². The molecule has 0 amide bonds. The summed E-state index contributed by atoms with van der Waals surface area (Å²) in [4.78, 5) is 9.41. The Bertz CT molecular complexity index is 46.1. The van der Waals surface area contributed by atoms with Crippen LogP contribution < -0.4 is 11.5 Å². The van der Waals surface area contributed by atoms with Crippen LogP contribution in [0.3, 0.4) is 0 Å². The zero-order chi connectivity index (χ0) is 4.99. The maximum Gasteiger partial charge on any atom is 0.218 e. The van der Waals surface area contributed by atoms with E-state index in [0.29, 0.717) is 0 Å². The first-order chi connectivity index (χ1) is 2.81. The first kappa shape index (κ1) is 5.59. The fourth-order valence-electron chi connectivity index (χ4n) is 0.0481. The van der Waals surface area contributed by atoms with Crippen LogP contribution in [0.4, 0.5) is 0 Å². The lowest BCUT2D eigenvalue weighted by atomic mass is 10.4. The normalized spacial score (nSPS) is 13.7. The van der Waals surface area contributed by atoms with Gasteiger partial charge in [-0.3, -0.25) is 4.79 Å². The number of carbonyl (C=O) groups excluding carboxylic acids is 1. The average Bonchev–Trinajstić information content (AvgIpc) is 1.65. The van der Waals surface area contributed by atoms with Crippen molar-refractivity contribution in [1.82, 2.24) is 0 Å². The Balaban J connectivity index is 2.96. The van der Waals surface area contributed by atoms with Gasteiger partial charge in [0.25, 0.3) is 0 Å². The third kappa shape index (κ3) is 1.87. The molecule has 3 heteroatoms. The maximum atomic E-state index is 9.41. The van der Waals surface area contributed by atoms with E-state index in [-0.39, 0.29) is 6.54 Å². The van der Waals surface area contributed by atoms with Crippen LogP contribution >= 0.6 is 0 Å². The largest absolute Gasteiger partial charge is 0.328 e. The second-order valence-corrected chi connectivity index (χ2v) is 0.960. The van der Waals surface area contributed by atoms with E-state index < -0.39 is 6.04 Å². The molecule has 0 aromatic rings. The van der Waals surface area contributed by atoms with Crippen molar-refractivity contribution < 1.29 is 4.79 Å². The Kier molecular flexibility index (Phi) is 2.62. The third-order valence-corrected chi connectivity index (χ3v) is 0.405. The molecule has 0 spiro atoms. The van der Waals surface area contributed by atoms with Crippen molar-refractivity contribution >= 4 is 6.29 Å². The van der Waals surface area contributed by atoms with Crippen LogP contribution in [0.1, 0.15) is 0 Å². The summed E-state index contributed by atoms with van der Waals surface area (Å²) < 4.78 is 0. The number of hydrogen-bond acceptors (Lipinski definition) is 3. The predicted octanol–water partition coefficient (Wildman–Crippen LogP) is -1.62. The van der Waals surface area contributed by atoms with Crippen molar-refractivity contribution in [3.05, 3.63) is 0 Å². The summed E-state index contributed by atoms with van der Waals surface area (Å²) in [5.41, 5.74) is 9.82. The minimum Gasteiger partial charge on any atom is -0.328 e. The smallest absolute Gasteiger partial charge is 0.218 e. The Morgan fingerprint density at radius 2 is 2.33 bits per heavy atom. The van der Waals surface area contributed by atoms with E-state index in [2.05, 4.69) is 0 Å². The minimum absolute atomic E-state index is 0.184. The Morgan fingerprint density at radius 1 is 1.83 bits per heavy atom. The van der Waals surface area contributed by atoms with Crippen molar-refractivity contribution in [3.8, 4) is 0 Å². The van der Waals surface area contributed by atoms with Crippen molar-refractivity contribution in [2.24, 2.45) is 11.5 Å². The lowest BCUT2D eigenvalue weighted by Crippen LogP contribution is -2.30. The standard InChI is InChI=1S/C3H7N2O/c4-1-3(5)2-6/h3H,1,4-5H2. The summed E-state index contributed by atoms with van der Waals surface area (Å²) in [5, 5.41) is 0. The van der Waals surface area contributed by atoms with Gasteiger partial charge in [-0.15, -0.1) is 0 Å². The number of nitrogens with two attached hydrogens (primary N) is 2. The number of hydrogen-bond donors (Lipinski definition) is 2. The second kappa shape index (κ2) is 2.81. The summed E-state index contributed by atoms with van der Waals surface area (Å²) in [7, 11) is 0. The van der Waals surface area contributed by atoms with E-state index >= 15 is 0 Å². The van der Waals surface area contributed by atoms with Crippen LogP contribution in [0.5, 0.6) is 0 Å². The molecule has 1 atom stereocenters. The summed E-state index contributed by atoms with van der Waals surface area (Å²) in [6.07, 6.45) is 1.52. The van der Waals surface area contributed by atoms with E-state index in [4.69, 9.17) is 11.5 Å². The highest BCUT2D eigenvalue weighted by molar-refractivity contribution is 5.58. The van der Waals surface area contributed by atoms with Crippen molar-refractivity contribution in [3.63, 3.8) is 0 Å². The monoisotopic (exact) mass is 87.1 g/mol. The van der Waals surface area contributed by atoms with Crippen LogP contribution in [0.15, 0.2) is 0 Å². The summed E-state index contributed by atoms with van der Waals surface area (Å²) in [6.45, 7) is 0.184. The van der Waals surface area contributed by atoms with Crippen molar-refractivity contribution in [2.45, 2.75) is 6.04 Å². The topological polar surface area (TPSA) is 69.1 Å². The van der Waals surface area contributed by atoms with Crippen LogP contribution in [0.25, 0.3) is 0 Å². The zero-order valence-electron chi connectivity index (χ0n) is 3.35. The van der Waals surface area contributed by atoms with E-state index in [1.807, 2.05) is 0 Å². The van der Waals surface area contributed by atoms with Gasteiger partial charge in [-0.2, -0.15) is 0 Å². The SMILES string of the molecule is NCC(N)[C]=O. The fourth-order valence-corrected chi connectivity index (χ4v) is 0.0481. The van der Waals surface area contributed by atoms with E-state index in [0.717, 1.165) is 0 Å². The molecule has 0 aliphatic rings. The van der Waals surface area contributed by atoms with Gasteiger partial charge in [-0.25, -0.2) is 0 Å². The maximum absolute atomic E-state index is 9.41. The van der Waals surface area contributed by atoms with Crippen LogP contribution in [-0.2, 0) is 4.79 Å². The molecular weight excluding hydrogens is 80.0 g/mol. The molecule has 0 heterocycles. The molecule has 0 aromatic heterocycles. The highest BCUT2D eigenvalue weighted by Gasteiger charge is 1.91. The van der Waals surface area contributed by atoms with Crippen LogP contribution in [-0.4, -0.2) is 18.9 Å². The zero-order valence-corrected chi connectivity index (χ0v) is 3.35. The molecule has 0 rings (SSSR count). The van der Waals surface area contributed by atoms with E-state index in [1.54, 1.807) is 0 Å². The lowest BCUT2D eigenvalue weighted by molar-refractivity contribution is 0.542. The van der Waals surface area contributed by atoms with Gasteiger partial charge in [0, 0.05) is 6.54 Å². The van der Waals surface area contributed by atoms with Gasteiger partial charge in [-0.1, -0.05) is 0 Å². The predicted molar refractivity (Wildman–Crippen MR) is 22.7 cm³/mol. The van der Waals surface area contributed by atoms with Gasteiger partial charge >= 0.3 is 0 Å². The molecule has 3 nitrogen and oxygen atoms in total. The van der Waals surface area contributed by atoms with Crippen molar-refractivity contribution in [2.75, 3.05) is 6.54 Å². The quantitative estimate of drug-likeness (QED) is 0.425. The highest BCUT2D eigenvalue weighted by Crippen LogP contribution is 1.56. The third-order valence-electron chi connectivity index (χ3n) is 0.405. The molecule has 6 heavy (non-hydrogen) atoms. The van der Waals surface area contributed by atoms with Gasteiger partial charge in [-0.05, 0) is 0 Å². The molecule has 0 aliphatic heterocycles. The van der Waals surface area contributed by atoms with Gasteiger partial charge in [0.1, 0.15) is 0 Å². The summed E-state index contributed by atoms with van der Waals surface area (Å²) in [5.74, 6) is 0.